The fraction of sp³-hybridized carbons (Fsp3) is 0.400. The van der Waals surface area contributed by atoms with Crippen molar-refractivity contribution in [3.05, 3.63) is 75.7 Å². The van der Waals surface area contributed by atoms with E-state index in [-0.39, 0.29) is 24.4 Å². The lowest BCUT2D eigenvalue weighted by molar-refractivity contribution is -0.115. The molecule has 1 aromatic heterocycles. The first-order valence-corrected chi connectivity index (χ1v) is 13.8. The summed E-state index contributed by atoms with van der Waals surface area (Å²) < 4.78 is 16.9. The van der Waals surface area contributed by atoms with Gasteiger partial charge in [0.2, 0.25) is 5.91 Å². The monoisotopic (exact) mass is 521 g/mol. The molecule has 0 spiro atoms. The number of rotatable bonds is 10. The molecule has 0 bridgehead atoms. The van der Waals surface area contributed by atoms with Crippen LogP contribution in [0.3, 0.4) is 0 Å². The van der Waals surface area contributed by atoms with E-state index in [4.69, 9.17) is 14.2 Å². The quantitative estimate of drug-likeness (QED) is 0.306. The molecular formula is C30H35NO5S. The Morgan fingerprint density at radius 2 is 1.76 bits per heavy atom. The first-order chi connectivity index (χ1) is 17.9. The van der Waals surface area contributed by atoms with Gasteiger partial charge in [-0.15, -0.1) is 11.3 Å². The number of nitrogens with one attached hydrogen (secondary N) is 1. The van der Waals surface area contributed by atoms with Crippen molar-refractivity contribution in [2.75, 3.05) is 18.5 Å². The third-order valence-corrected chi connectivity index (χ3v) is 7.48. The van der Waals surface area contributed by atoms with Crippen LogP contribution >= 0.6 is 11.3 Å². The van der Waals surface area contributed by atoms with E-state index in [0.29, 0.717) is 41.2 Å². The molecule has 37 heavy (non-hydrogen) atoms. The van der Waals surface area contributed by atoms with Gasteiger partial charge in [0, 0.05) is 4.88 Å². The van der Waals surface area contributed by atoms with Crippen LogP contribution in [0.15, 0.2) is 48.5 Å². The average molecular weight is 522 g/mol. The second-order valence-electron chi connectivity index (χ2n) is 9.38. The fourth-order valence-corrected chi connectivity index (χ4v) is 6.07. The summed E-state index contributed by atoms with van der Waals surface area (Å²) in [6.45, 7) is 8.53. The van der Waals surface area contributed by atoms with Crippen molar-refractivity contribution in [3.63, 3.8) is 0 Å². The number of anilines is 1. The number of amides is 1. The maximum absolute atomic E-state index is 13.1. The van der Waals surface area contributed by atoms with Crippen molar-refractivity contribution >= 4 is 28.2 Å². The second-order valence-corrected chi connectivity index (χ2v) is 10.5. The SMILES string of the molecule is CCOc1ccc(CC(=O)Nc2sc3c(c2C(=O)OC(C)C)CC[C@H](c2ccccc2)C3)cc1OCC. The maximum Gasteiger partial charge on any atom is 0.341 e. The van der Waals surface area contributed by atoms with Crippen molar-refractivity contribution in [3.8, 4) is 11.5 Å². The number of fused-ring (bicyclic) bond motifs is 1. The Balaban J connectivity index is 1.57. The molecule has 0 radical (unpaired) electrons. The molecule has 1 aliphatic rings. The van der Waals surface area contributed by atoms with E-state index in [1.165, 1.54) is 16.9 Å². The first kappa shape index (κ1) is 26.7. The number of carbonyl (C=O) groups is 2. The van der Waals surface area contributed by atoms with Gasteiger partial charge >= 0.3 is 5.97 Å². The summed E-state index contributed by atoms with van der Waals surface area (Å²) >= 11 is 1.50. The molecular weight excluding hydrogens is 486 g/mol. The Labute approximate surface area is 223 Å². The van der Waals surface area contributed by atoms with Gasteiger partial charge in [0.05, 0.1) is 31.3 Å². The van der Waals surface area contributed by atoms with Crippen LogP contribution in [0.1, 0.15) is 72.0 Å². The van der Waals surface area contributed by atoms with Gasteiger partial charge in [0.25, 0.3) is 0 Å². The van der Waals surface area contributed by atoms with Crippen LogP contribution in [0.2, 0.25) is 0 Å². The highest BCUT2D eigenvalue weighted by Gasteiger charge is 2.31. The lowest BCUT2D eigenvalue weighted by atomic mass is 9.83. The highest BCUT2D eigenvalue weighted by molar-refractivity contribution is 7.17. The summed E-state index contributed by atoms with van der Waals surface area (Å²) in [6.07, 6.45) is 2.49. The van der Waals surface area contributed by atoms with Crippen LogP contribution in [-0.4, -0.2) is 31.2 Å². The van der Waals surface area contributed by atoms with Crippen LogP contribution in [0.25, 0.3) is 0 Å². The highest BCUT2D eigenvalue weighted by Crippen LogP contribution is 2.43. The third-order valence-electron chi connectivity index (χ3n) is 6.31. The standard InChI is InChI=1S/C30H35NO5S/c1-5-34-24-15-12-20(16-25(24)35-6-2)17-27(32)31-29-28(30(33)36-19(3)4)23-14-13-22(18-26(23)37-29)21-10-8-7-9-11-21/h7-12,15-16,19,22H,5-6,13-14,17-18H2,1-4H3,(H,31,32)/t22-/m0/s1. The van der Waals surface area contributed by atoms with Crippen LogP contribution in [0, 0.1) is 0 Å². The van der Waals surface area contributed by atoms with Crippen LogP contribution < -0.4 is 14.8 Å². The molecule has 1 atom stereocenters. The first-order valence-electron chi connectivity index (χ1n) is 13.0. The Morgan fingerprint density at radius 3 is 2.46 bits per heavy atom. The zero-order valence-electron chi connectivity index (χ0n) is 22.0. The molecule has 1 heterocycles. The predicted octanol–water partition coefficient (Wildman–Crippen LogP) is 6.56. The molecule has 6 nitrogen and oxygen atoms in total. The van der Waals surface area contributed by atoms with Gasteiger partial charge in [-0.1, -0.05) is 36.4 Å². The molecule has 2 aromatic carbocycles. The molecule has 4 rings (SSSR count). The Morgan fingerprint density at radius 1 is 1.03 bits per heavy atom. The van der Waals surface area contributed by atoms with E-state index in [1.807, 2.05) is 52.0 Å². The van der Waals surface area contributed by atoms with Crippen molar-refractivity contribution in [2.24, 2.45) is 0 Å². The fourth-order valence-electron chi connectivity index (χ4n) is 4.73. The van der Waals surface area contributed by atoms with E-state index in [2.05, 4.69) is 29.6 Å². The van der Waals surface area contributed by atoms with E-state index in [0.717, 1.165) is 35.3 Å². The molecule has 0 aliphatic heterocycles. The van der Waals surface area contributed by atoms with Crippen molar-refractivity contribution in [2.45, 2.75) is 65.4 Å². The lowest BCUT2D eigenvalue weighted by Gasteiger charge is -2.23. The number of esters is 1. The average Bonchev–Trinajstić information content (AvgIpc) is 3.23. The minimum absolute atomic E-state index is 0.153. The van der Waals surface area contributed by atoms with Gasteiger partial charge in [0.1, 0.15) is 5.00 Å². The highest BCUT2D eigenvalue weighted by atomic mass is 32.1. The maximum atomic E-state index is 13.1. The summed E-state index contributed by atoms with van der Waals surface area (Å²) in [7, 11) is 0. The van der Waals surface area contributed by atoms with Gasteiger partial charge < -0.3 is 19.5 Å². The number of thiophene rings is 1. The van der Waals surface area contributed by atoms with Gasteiger partial charge in [-0.2, -0.15) is 0 Å². The summed E-state index contributed by atoms with van der Waals surface area (Å²) in [5.74, 6) is 1.11. The number of benzene rings is 2. The number of hydrogen-bond donors (Lipinski definition) is 1. The van der Waals surface area contributed by atoms with Gasteiger partial charge in [-0.3, -0.25) is 4.79 Å². The Bertz CT molecular complexity index is 1230. The summed E-state index contributed by atoms with van der Waals surface area (Å²) in [5, 5.41) is 3.60. The zero-order chi connectivity index (χ0) is 26.4. The summed E-state index contributed by atoms with van der Waals surface area (Å²) in [5.41, 5.74) is 3.63. The van der Waals surface area contributed by atoms with E-state index >= 15 is 0 Å². The smallest absolute Gasteiger partial charge is 0.341 e. The molecule has 3 aromatic rings. The molecule has 1 aliphatic carbocycles. The van der Waals surface area contributed by atoms with Crippen molar-refractivity contribution in [1.82, 2.24) is 0 Å². The molecule has 0 unspecified atom stereocenters. The van der Waals surface area contributed by atoms with Gasteiger partial charge in [-0.05, 0) is 81.7 Å². The van der Waals surface area contributed by atoms with E-state index < -0.39 is 0 Å². The normalized spacial score (nSPS) is 14.7. The minimum Gasteiger partial charge on any atom is -0.490 e. The molecule has 1 amide bonds. The molecule has 0 saturated carbocycles. The topological polar surface area (TPSA) is 73.9 Å². The lowest BCUT2D eigenvalue weighted by Crippen LogP contribution is -2.19. The van der Waals surface area contributed by atoms with Crippen LogP contribution in [0.4, 0.5) is 5.00 Å². The van der Waals surface area contributed by atoms with Crippen LogP contribution in [-0.2, 0) is 28.8 Å². The Kier molecular flexibility index (Phi) is 8.87. The van der Waals surface area contributed by atoms with E-state index in [1.54, 1.807) is 0 Å². The van der Waals surface area contributed by atoms with Gasteiger partial charge in [-0.25, -0.2) is 4.79 Å². The summed E-state index contributed by atoms with van der Waals surface area (Å²) in [4.78, 5) is 27.4. The Hall–Kier alpha value is -3.32. The second kappa shape index (κ2) is 12.3. The van der Waals surface area contributed by atoms with Crippen molar-refractivity contribution in [1.29, 1.82) is 0 Å². The molecule has 0 fully saturated rings. The number of ether oxygens (including phenoxy) is 3. The van der Waals surface area contributed by atoms with Crippen LogP contribution in [0.5, 0.6) is 11.5 Å². The molecule has 196 valence electrons. The number of hydrogen-bond acceptors (Lipinski definition) is 6. The van der Waals surface area contributed by atoms with E-state index in [9.17, 15) is 9.59 Å². The minimum atomic E-state index is -0.374. The molecule has 1 N–H and O–H groups in total. The van der Waals surface area contributed by atoms with Crippen molar-refractivity contribution < 1.29 is 23.8 Å². The zero-order valence-corrected chi connectivity index (χ0v) is 22.8. The predicted molar refractivity (Wildman–Crippen MR) is 147 cm³/mol. The largest absolute Gasteiger partial charge is 0.490 e. The number of carbonyl (C=O) groups excluding carboxylic acids is 2. The third kappa shape index (κ3) is 6.52. The molecule has 0 saturated heterocycles. The molecule has 7 heteroatoms. The van der Waals surface area contributed by atoms with Gasteiger partial charge in [0.15, 0.2) is 11.5 Å². The summed E-state index contributed by atoms with van der Waals surface area (Å²) in [6, 6.07) is 16.0.